The third kappa shape index (κ3) is 4.89. The number of nitrogens with zero attached hydrogens (tertiary/aromatic N) is 1. The van der Waals surface area contributed by atoms with Crippen molar-refractivity contribution in [3.05, 3.63) is 95.6 Å². The summed E-state index contributed by atoms with van der Waals surface area (Å²) in [7, 11) is 2.14. The average Bonchev–Trinajstić information content (AvgIpc) is 2.80. The molecule has 32 heavy (non-hydrogen) atoms. The Morgan fingerprint density at radius 1 is 1.03 bits per heavy atom. The topological polar surface area (TPSA) is 44.7 Å². The molecule has 4 unspecified atom stereocenters. The van der Waals surface area contributed by atoms with Crippen molar-refractivity contribution in [1.29, 1.82) is 0 Å². The van der Waals surface area contributed by atoms with Gasteiger partial charge in [-0.3, -0.25) is 4.90 Å². The van der Waals surface area contributed by atoms with Gasteiger partial charge in [0.25, 0.3) is 0 Å². The van der Waals surface area contributed by atoms with Crippen molar-refractivity contribution < 1.29 is 9.84 Å². The summed E-state index contributed by atoms with van der Waals surface area (Å²) in [5, 5.41) is 14.8. The number of fused-ring (bicyclic) bond motifs is 1. The molecule has 4 heteroatoms. The summed E-state index contributed by atoms with van der Waals surface area (Å²) in [6.45, 7) is 5.56. The number of aliphatic hydroxyl groups excluding tert-OH is 1. The molecule has 0 amide bonds. The molecule has 1 fully saturated rings. The van der Waals surface area contributed by atoms with E-state index in [1.165, 1.54) is 5.56 Å². The van der Waals surface area contributed by atoms with E-state index in [2.05, 4.69) is 85.7 Å². The molecule has 2 aromatic rings. The molecule has 170 valence electrons. The van der Waals surface area contributed by atoms with Gasteiger partial charge in [-0.15, -0.1) is 0 Å². The lowest BCUT2D eigenvalue weighted by molar-refractivity contribution is -0.162. The monoisotopic (exact) mass is 432 g/mol. The maximum atomic E-state index is 11.3. The van der Waals surface area contributed by atoms with Gasteiger partial charge in [0.15, 0.2) is 0 Å². The van der Waals surface area contributed by atoms with Crippen LogP contribution >= 0.6 is 0 Å². The number of hydrogen-bond acceptors (Lipinski definition) is 4. The fourth-order valence-electron chi connectivity index (χ4n) is 5.19. The van der Waals surface area contributed by atoms with E-state index in [4.69, 9.17) is 4.74 Å². The molecule has 0 radical (unpaired) electrons. The highest BCUT2D eigenvalue weighted by Crippen LogP contribution is 2.45. The van der Waals surface area contributed by atoms with Gasteiger partial charge in [-0.2, -0.15) is 0 Å². The van der Waals surface area contributed by atoms with Crippen molar-refractivity contribution in [3.8, 4) is 0 Å². The summed E-state index contributed by atoms with van der Waals surface area (Å²) < 4.78 is 6.79. The molecular weight excluding hydrogens is 396 g/mol. The lowest BCUT2D eigenvalue weighted by atomic mass is 9.71. The van der Waals surface area contributed by atoms with Gasteiger partial charge >= 0.3 is 0 Å². The molecule has 0 bridgehead atoms. The van der Waals surface area contributed by atoms with Crippen LogP contribution in [0.2, 0.25) is 0 Å². The standard InChI is InChI=1S/C28H36N2O2/c1-21(2)29-26-17-16-25-24(27(26)31)15-10-18-28(25,32-20-23-13-8-5-9-14-23)30(3)19-22-11-6-4-7-12-22/h4-15,18,21,25-27,29,31H,16-17,19-20H2,1-3H3. The van der Waals surface area contributed by atoms with Crippen LogP contribution in [0.15, 0.2) is 84.5 Å². The maximum Gasteiger partial charge on any atom is 0.148 e. The molecule has 1 saturated carbocycles. The van der Waals surface area contributed by atoms with Crippen LogP contribution in [0.5, 0.6) is 0 Å². The first-order chi connectivity index (χ1) is 15.5. The Bertz CT molecular complexity index is 925. The second kappa shape index (κ2) is 10.1. The minimum atomic E-state index is -0.612. The number of benzene rings is 2. The fourth-order valence-corrected chi connectivity index (χ4v) is 5.19. The summed E-state index contributed by atoms with van der Waals surface area (Å²) in [6, 6.07) is 21.3. The van der Waals surface area contributed by atoms with Crippen LogP contribution in [-0.2, 0) is 17.9 Å². The van der Waals surface area contributed by atoms with Crippen molar-refractivity contribution in [3.63, 3.8) is 0 Å². The van der Waals surface area contributed by atoms with Crippen molar-refractivity contribution in [2.24, 2.45) is 5.92 Å². The van der Waals surface area contributed by atoms with Gasteiger partial charge in [-0.05, 0) is 42.7 Å². The van der Waals surface area contributed by atoms with E-state index in [1.807, 2.05) is 24.3 Å². The summed E-state index contributed by atoms with van der Waals surface area (Å²) >= 11 is 0. The first-order valence-electron chi connectivity index (χ1n) is 11.8. The number of hydrogen-bond donors (Lipinski definition) is 2. The van der Waals surface area contributed by atoms with Gasteiger partial charge in [0.05, 0.1) is 12.7 Å². The second-order valence-electron chi connectivity index (χ2n) is 9.40. The number of allylic oxidation sites excluding steroid dienone is 2. The summed E-state index contributed by atoms with van der Waals surface area (Å²) in [4.78, 5) is 2.31. The molecule has 0 spiro atoms. The van der Waals surface area contributed by atoms with E-state index in [1.54, 1.807) is 0 Å². The van der Waals surface area contributed by atoms with Crippen LogP contribution in [0.1, 0.15) is 37.8 Å². The Hall–Kier alpha value is -2.24. The lowest BCUT2D eigenvalue weighted by Crippen LogP contribution is -2.59. The van der Waals surface area contributed by atoms with Crippen LogP contribution in [0.4, 0.5) is 0 Å². The predicted molar refractivity (Wildman–Crippen MR) is 130 cm³/mol. The molecule has 0 aromatic heterocycles. The number of aliphatic hydroxyl groups is 1. The smallest absolute Gasteiger partial charge is 0.148 e. The van der Waals surface area contributed by atoms with Gasteiger partial charge in [0.2, 0.25) is 0 Å². The van der Waals surface area contributed by atoms with E-state index in [0.29, 0.717) is 12.6 Å². The number of nitrogens with one attached hydrogen (secondary N) is 1. The van der Waals surface area contributed by atoms with Gasteiger partial charge in [-0.25, -0.2) is 0 Å². The zero-order valence-electron chi connectivity index (χ0n) is 19.4. The molecule has 0 heterocycles. The lowest BCUT2D eigenvalue weighted by Gasteiger charge is -2.51. The van der Waals surface area contributed by atoms with Crippen LogP contribution in [-0.4, -0.2) is 41.0 Å². The van der Waals surface area contributed by atoms with E-state index in [0.717, 1.165) is 30.5 Å². The van der Waals surface area contributed by atoms with Gasteiger partial charge in [-0.1, -0.05) is 86.7 Å². The minimum Gasteiger partial charge on any atom is -0.387 e. The van der Waals surface area contributed by atoms with Gasteiger partial charge in [0.1, 0.15) is 5.72 Å². The fraction of sp³-hybridized carbons (Fsp3) is 0.429. The highest BCUT2D eigenvalue weighted by atomic mass is 16.5. The van der Waals surface area contributed by atoms with E-state index < -0.39 is 11.8 Å². The van der Waals surface area contributed by atoms with Crippen molar-refractivity contribution in [2.75, 3.05) is 7.05 Å². The zero-order valence-corrected chi connectivity index (χ0v) is 19.4. The van der Waals surface area contributed by atoms with Crippen molar-refractivity contribution >= 4 is 0 Å². The third-order valence-electron chi connectivity index (χ3n) is 6.73. The summed E-state index contributed by atoms with van der Waals surface area (Å²) in [5.74, 6) is 0.102. The van der Waals surface area contributed by atoms with Crippen molar-refractivity contribution in [1.82, 2.24) is 10.2 Å². The van der Waals surface area contributed by atoms with Gasteiger partial charge in [0, 0.05) is 24.5 Å². The van der Waals surface area contributed by atoms with Crippen LogP contribution < -0.4 is 5.32 Å². The molecule has 4 nitrogen and oxygen atoms in total. The Morgan fingerprint density at radius 2 is 1.69 bits per heavy atom. The zero-order chi connectivity index (χ0) is 22.6. The molecule has 4 atom stereocenters. The van der Waals surface area contributed by atoms with Crippen molar-refractivity contribution in [2.45, 2.75) is 63.8 Å². The molecular formula is C28H36N2O2. The molecule has 2 aromatic carbocycles. The Morgan fingerprint density at radius 3 is 2.34 bits per heavy atom. The Balaban J connectivity index is 1.63. The summed E-state index contributed by atoms with van der Waals surface area (Å²) in [6.07, 6.45) is 7.74. The molecule has 0 aliphatic heterocycles. The molecule has 2 N–H and O–H groups in total. The number of rotatable bonds is 8. The highest BCUT2D eigenvalue weighted by molar-refractivity contribution is 5.34. The third-order valence-corrected chi connectivity index (χ3v) is 6.73. The Labute approximate surface area is 192 Å². The average molecular weight is 433 g/mol. The Kier molecular flexibility index (Phi) is 7.27. The van der Waals surface area contributed by atoms with E-state index in [9.17, 15) is 5.11 Å². The largest absolute Gasteiger partial charge is 0.387 e. The normalized spacial score (nSPS) is 27.4. The van der Waals surface area contributed by atoms with E-state index in [-0.39, 0.29) is 12.0 Å². The van der Waals surface area contributed by atoms with Crippen LogP contribution in [0.25, 0.3) is 0 Å². The SMILES string of the molecule is CC(C)NC1CCC2C(=CC=CC2(OCc2ccccc2)N(C)Cc2ccccc2)C1O. The number of likely N-dealkylation sites (N-methyl/N-ethyl adjacent to an activating group) is 1. The minimum absolute atomic E-state index is 0.0789. The van der Waals surface area contributed by atoms with Crippen LogP contribution in [0.3, 0.4) is 0 Å². The molecule has 4 rings (SSSR count). The summed E-state index contributed by atoms with van der Waals surface area (Å²) in [5.41, 5.74) is 2.86. The highest BCUT2D eigenvalue weighted by Gasteiger charge is 2.49. The molecule has 2 aliphatic carbocycles. The predicted octanol–water partition coefficient (Wildman–Crippen LogP) is 4.67. The number of ether oxygens (including phenoxy) is 1. The van der Waals surface area contributed by atoms with Crippen LogP contribution in [0, 0.1) is 5.92 Å². The molecule has 0 saturated heterocycles. The first kappa shape index (κ1) is 22.9. The second-order valence-corrected chi connectivity index (χ2v) is 9.40. The first-order valence-corrected chi connectivity index (χ1v) is 11.8. The molecule has 2 aliphatic rings. The maximum absolute atomic E-state index is 11.3. The van der Waals surface area contributed by atoms with E-state index >= 15 is 0 Å². The van der Waals surface area contributed by atoms with Gasteiger partial charge < -0.3 is 15.2 Å². The quantitative estimate of drug-likeness (QED) is 0.595.